The van der Waals surface area contributed by atoms with Gasteiger partial charge in [0.2, 0.25) is 0 Å². The van der Waals surface area contributed by atoms with Crippen molar-refractivity contribution < 1.29 is 9.21 Å². The Morgan fingerprint density at radius 1 is 1.21 bits per heavy atom. The van der Waals surface area contributed by atoms with Gasteiger partial charge in [-0.3, -0.25) is 14.5 Å². The minimum absolute atomic E-state index is 0.0617. The van der Waals surface area contributed by atoms with E-state index in [9.17, 15) is 9.59 Å². The van der Waals surface area contributed by atoms with Gasteiger partial charge < -0.3 is 9.73 Å². The van der Waals surface area contributed by atoms with Gasteiger partial charge in [0.1, 0.15) is 5.58 Å². The van der Waals surface area contributed by atoms with Crippen molar-refractivity contribution in [1.29, 1.82) is 0 Å². The molecule has 3 heterocycles. The van der Waals surface area contributed by atoms with Crippen molar-refractivity contribution in [3.8, 4) is 0 Å². The van der Waals surface area contributed by atoms with Gasteiger partial charge in [0, 0.05) is 17.5 Å². The molecule has 0 aliphatic carbocycles. The van der Waals surface area contributed by atoms with Gasteiger partial charge in [-0.05, 0) is 62.0 Å². The number of carbonyl (C=O) groups excluding carboxylic acids is 1. The maximum absolute atomic E-state index is 12.7. The third kappa shape index (κ3) is 4.03. The lowest BCUT2D eigenvalue weighted by Crippen LogP contribution is -2.40. The highest BCUT2D eigenvalue weighted by Crippen LogP contribution is 2.27. The van der Waals surface area contributed by atoms with E-state index in [4.69, 9.17) is 4.42 Å². The van der Waals surface area contributed by atoms with Crippen molar-refractivity contribution in [3.05, 3.63) is 68.2 Å². The number of amides is 1. The summed E-state index contributed by atoms with van der Waals surface area (Å²) in [6.07, 6.45) is 3.64. The molecule has 4 rings (SSSR count). The van der Waals surface area contributed by atoms with Crippen LogP contribution in [-0.2, 0) is 0 Å². The number of piperidine rings is 1. The van der Waals surface area contributed by atoms with Crippen LogP contribution in [0.3, 0.4) is 0 Å². The number of fused-ring (bicyclic) bond motifs is 1. The maximum atomic E-state index is 12.7. The number of nitrogens with one attached hydrogen (secondary N) is 1. The van der Waals surface area contributed by atoms with Crippen molar-refractivity contribution in [2.24, 2.45) is 0 Å². The van der Waals surface area contributed by atoms with Crippen molar-refractivity contribution in [2.45, 2.75) is 32.2 Å². The summed E-state index contributed by atoms with van der Waals surface area (Å²) in [4.78, 5) is 28.8. The second kappa shape index (κ2) is 8.29. The second-order valence-corrected chi connectivity index (χ2v) is 8.29. The van der Waals surface area contributed by atoms with Crippen LogP contribution in [0.5, 0.6) is 0 Å². The highest BCUT2D eigenvalue weighted by atomic mass is 32.1. The fraction of sp³-hybridized carbons (Fsp3) is 0.364. The molecular formula is C22H24N2O3S. The van der Waals surface area contributed by atoms with E-state index in [-0.39, 0.29) is 23.1 Å². The number of hydrogen-bond acceptors (Lipinski definition) is 5. The highest BCUT2D eigenvalue weighted by molar-refractivity contribution is 7.10. The number of rotatable bonds is 5. The molecule has 0 spiro atoms. The summed E-state index contributed by atoms with van der Waals surface area (Å²) < 4.78 is 5.73. The summed E-state index contributed by atoms with van der Waals surface area (Å²) in [6, 6.07) is 11.0. The molecule has 146 valence electrons. The number of nitrogens with zero attached hydrogens (tertiary/aromatic N) is 1. The molecule has 2 aromatic heterocycles. The fourth-order valence-corrected chi connectivity index (χ4v) is 4.63. The highest BCUT2D eigenvalue weighted by Gasteiger charge is 2.24. The van der Waals surface area contributed by atoms with Crippen LogP contribution >= 0.6 is 11.3 Å². The van der Waals surface area contributed by atoms with Gasteiger partial charge in [-0.1, -0.05) is 18.6 Å². The zero-order chi connectivity index (χ0) is 19.5. The first-order chi connectivity index (χ1) is 13.6. The summed E-state index contributed by atoms with van der Waals surface area (Å²) in [6.45, 7) is 4.51. The van der Waals surface area contributed by atoms with Crippen molar-refractivity contribution in [2.75, 3.05) is 19.6 Å². The standard InChI is InChI=1S/C22H24N2O3S/c1-15-7-8-16-18(25)13-20(27-19(16)12-15)22(26)23-14-17(21-6-5-11-28-21)24-9-3-2-4-10-24/h5-8,11-13,17H,2-4,9-10,14H2,1H3,(H,23,26)/t17-/m0/s1. The van der Waals surface area contributed by atoms with Gasteiger partial charge in [0.25, 0.3) is 5.91 Å². The normalized spacial score (nSPS) is 16.2. The molecule has 1 aliphatic heterocycles. The Morgan fingerprint density at radius 2 is 2.04 bits per heavy atom. The molecule has 0 saturated carbocycles. The van der Waals surface area contributed by atoms with Crippen molar-refractivity contribution in [1.82, 2.24) is 10.2 Å². The Morgan fingerprint density at radius 3 is 2.79 bits per heavy atom. The van der Waals surface area contributed by atoms with Gasteiger partial charge in [0.05, 0.1) is 11.4 Å². The zero-order valence-corrected chi connectivity index (χ0v) is 16.8. The molecule has 1 N–H and O–H groups in total. The van der Waals surface area contributed by atoms with E-state index < -0.39 is 0 Å². The number of thiophene rings is 1. The number of likely N-dealkylation sites (tertiary alicyclic amines) is 1. The summed E-state index contributed by atoms with van der Waals surface area (Å²) in [7, 11) is 0. The molecule has 1 aromatic carbocycles. The Kier molecular flexibility index (Phi) is 5.59. The number of hydrogen-bond donors (Lipinski definition) is 1. The molecule has 1 saturated heterocycles. The lowest BCUT2D eigenvalue weighted by Gasteiger charge is -2.34. The number of carbonyl (C=O) groups is 1. The van der Waals surface area contributed by atoms with Crippen LogP contribution < -0.4 is 10.7 Å². The van der Waals surface area contributed by atoms with E-state index >= 15 is 0 Å². The van der Waals surface area contributed by atoms with Crippen LogP contribution in [0.15, 0.2) is 51.0 Å². The number of aryl methyl sites for hydroxylation is 1. The minimum atomic E-state index is -0.348. The molecule has 0 unspecified atom stereocenters. The average Bonchev–Trinajstić information content (AvgIpc) is 3.23. The van der Waals surface area contributed by atoms with Gasteiger partial charge in [-0.15, -0.1) is 11.3 Å². The van der Waals surface area contributed by atoms with E-state index in [0.717, 1.165) is 18.7 Å². The smallest absolute Gasteiger partial charge is 0.287 e. The van der Waals surface area contributed by atoms with E-state index in [1.165, 1.54) is 30.2 Å². The lowest BCUT2D eigenvalue weighted by molar-refractivity contribution is 0.0899. The molecule has 5 nitrogen and oxygen atoms in total. The Hall–Kier alpha value is -2.44. The van der Waals surface area contributed by atoms with Crippen LogP contribution in [0, 0.1) is 6.92 Å². The van der Waals surface area contributed by atoms with Gasteiger partial charge in [0.15, 0.2) is 11.2 Å². The van der Waals surface area contributed by atoms with Gasteiger partial charge in [-0.25, -0.2) is 0 Å². The summed E-state index contributed by atoms with van der Waals surface area (Å²) in [5.41, 5.74) is 1.23. The number of benzene rings is 1. The van der Waals surface area contributed by atoms with Crippen molar-refractivity contribution in [3.63, 3.8) is 0 Å². The van der Waals surface area contributed by atoms with Gasteiger partial charge >= 0.3 is 0 Å². The van der Waals surface area contributed by atoms with Crippen LogP contribution in [-0.4, -0.2) is 30.4 Å². The molecule has 28 heavy (non-hydrogen) atoms. The monoisotopic (exact) mass is 396 g/mol. The maximum Gasteiger partial charge on any atom is 0.287 e. The van der Waals surface area contributed by atoms with E-state index in [0.29, 0.717) is 17.5 Å². The molecule has 1 amide bonds. The molecule has 3 aromatic rings. The Bertz CT molecular complexity index is 1020. The first-order valence-electron chi connectivity index (χ1n) is 9.72. The minimum Gasteiger partial charge on any atom is -0.451 e. The fourth-order valence-electron chi connectivity index (χ4n) is 3.77. The van der Waals surface area contributed by atoms with Crippen LogP contribution in [0.4, 0.5) is 0 Å². The SMILES string of the molecule is Cc1ccc2c(=O)cc(C(=O)NC[C@@H](c3cccs3)N3CCCCC3)oc2c1. The molecule has 1 atom stereocenters. The first kappa shape index (κ1) is 18.9. The van der Waals surface area contributed by atoms with E-state index in [1.54, 1.807) is 23.5 Å². The average molecular weight is 397 g/mol. The van der Waals surface area contributed by atoms with E-state index in [2.05, 4.69) is 21.7 Å². The predicted molar refractivity (Wildman–Crippen MR) is 112 cm³/mol. The summed E-state index contributed by atoms with van der Waals surface area (Å²) in [5, 5.41) is 5.55. The first-order valence-corrected chi connectivity index (χ1v) is 10.6. The zero-order valence-electron chi connectivity index (χ0n) is 15.9. The second-order valence-electron chi connectivity index (χ2n) is 7.31. The molecule has 0 bridgehead atoms. The van der Waals surface area contributed by atoms with Crippen LogP contribution in [0.2, 0.25) is 0 Å². The third-order valence-electron chi connectivity index (χ3n) is 5.27. The lowest BCUT2D eigenvalue weighted by atomic mass is 10.1. The molecule has 1 fully saturated rings. The van der Waals surface area contributed by atoms with Crippen LogP contribution in [0.25, 0.3) is 11.0 Å². The molecular weight excluding hydrogens is 372 g/mol. The van der Waals surface area contributed by atoms with E-state index in [1.807, 2.05) is 19.1 Å². The molecule has 0 radical (unpaired) electrons. The molecule has 1 aliphatic rings. The largest absolute Gasteiger partial charge is 0.451 e. The topological polar surface area (TPSA) is 62.6 Å². The Balaban J connectivity index is 1.53. The predicted octanol–water partition coefficient (Wildman–Crippen LogP) is 4.12. The van der Waals surface area contributed by atoms with Gasteiger partial charge in [-0.2, -0.15) is 0 Å². The van der Waals surface area contributed by atoms with Crippen molar-refractivity contribution >= 4 is 28.2 Å². The summed E-state index contributed by atoms with van der Waals surface area (Å²) >= 11 is 1.71. The quantitative estimate of drug-likeness (QED) is 0.705. The summed E-state index contributed by atoms with van der Waals surface area (Å²) in [5.74, 6) is -0.286. The molecule has 6 heteroatoms. The Labute approximate surface area is 168 Å². The van der Waals surface area contributed by atoms with Crippen LogP contribution in [0.1, 0.15) is 46.3 Å². The third-order valence-corrected chi connectivity index (χ3v) is 6.24.